The first-order valence-corrected chi connectivity index (χ1v) is 8.70. The molecule has 0 bridgehead atoms. The van der Waals surface area contributed by atoms with Crippen LogP contribution in [0.1, 0.15) is 13.8 Å². The Morgan fingerprint density at radius 2 is 2.00 bits per heavy atom. The number of fused-ring (bicyclic) bond motifs is 2. The molecule has 2 amide bonds. The Morgan fingerprint density at radius 3 is 2.78 bits per heavy atom. The summed E-state index contributed by atoms with van der Waals surface area (Å²) in [5.41, 5.74) is -1.22. The second-order valence-corrected chi connectivity index (χ2v) is 6.32. The highest BCUT2D eigenvalue weighted by Gasteiger charge is 2.51. The summed E-state index contributed by atoms with van der Waals surface area (Å²) in [7, 11) is 0. The van der Waals surface area contributed by atoms with Crippen LogP contribution in [0.3, 0.4) is 0 Å². The van der Waals surface area contributed by atoms with Crippen LogP contribution in [0.5, 0.6) is 17.2 Å². The molecule has 1 N–H and O–H groups in total. The van der Waals surface area contributed by atoms with Crippen LogP contribution in [0.4, 0.5) is 11.5 Å². The number of hydrogen-bond acceptors (Lipinski definition) is 6. The maximum atomic E-state index is 13.0. The van der Waals surface area contributed by atoms with Gasteiger partial charge in [0.15, 0.2) is 23.1 Å². The Bertz CT molecular complexity index is 916. The topological polar surface area (TPSA) is 90.0 Å². The molecule has 0 aliphatic carbocycles. The van der Waals surface area contributed by atoms with E-state index in [0.717, 1.165) is 0 Å². The molecular weight excluding hydrogens is 350 g/mol. The van der Waals surface area contributed by atoms with Crippen LogP contribution in [0, 0.1) is 0 Å². The van der Waals surface area contributed by atoms with Crippen molar-refractivity contribution in [3.63, 3.8) is 0 Å². The third-order valence-electron chi connectivity index (χ3n) is 4.52. The predicted octanol–water partition coefficient (Wildman–Crippen LogP) is 2.00. The van der Waals surface area contributed by atoms with Crippen molar-refractivity contribution in [2.24, 2.45) is 0 Å². The van der Waals surface area contributed by atoms with Crippen LogP contribution < -0.4 is 24.4 Å². The molecule has 3 heterocycles. The number of carbonyl (C=O) groups excluding carboxylic acids is 2. The van der Waals surface area contributed by atoms with Gasteiger partial charge in [0.05, 0.1) is 0 Å². The van der Waals surface area contributed by atoms with E-state index in [9.17, 15) is 9.59 Å². The van der Waals surface area contributed by atoms with E-state index >= 15 is 0 Å². The predicted molar refractivity (Wildman–Crippen MR) is 97.4 cm³/mol. The minimum Gasteiger partial charge on any atom is -0.486 e. The normalized spacial score (nSPS) is 20.5. The molecule has 0 fully saturated rings. The molecule has 2 aromatic rings. The molecule has 0 spiro atoms. The molecule has 0 unspecified atom stereocenters. The van der Waals surface area contributed by atoms with Crippen molar-refractivity contribution in [2.75, 3.05) is 30.0 Å². The fraction of sp³-hybridized carbons (Fsp3) is 0.316. The molecule has 1 atom stereocenters. The maximum absolute atomic E-state index is 13.0. The Labute approximate surface area is 156 Å². The number of rotatable bonds is 3. The van der Waals surface area contributed by atoms with Gasteiger partial charge in [0.2, 0.25) is 0 Å². The second-order valence-electron chi connectivity index (χ2n) is 6.32. The van der Waals surface area contributed by atoms with Crippen molar-refractivity contribution in [2.45, 2.75) is 19.4 Å². The van der Waals surface area contributed by atoms with Gasteiger partial charge in [-0.05, 0) is 38.1 Å². The van der Waals surface area contributed by atoms with Crippen LogP contribution in [0.2, 0.25) is 0 Å². The van der Waals surface area contributed by atoms with Crippen LogP contribution in [-0.4, -0.2) is 42.2 Å². The number of likely N-dealkylation sites (N-methyl/N-ethyl adjacent to an activating group) is 1. The highest BCUT2D eigenvalue weighted by Crippen LogP contribution is 2.37. The van der Waals surface area contributed by atoms with Gasteiger partial charge in [-0.15, -0.1) is 0 Å². The Hall–Kier alpha value is -3.29. The van der Waals surface area contributed by atoms with Crippen LogP contribution >= 0.6 is 0 Å². The monoisotopic (exact) mass is 369 g/mol. The first-order valence-electron chi connectivity index (χ1n) is 8.70. The van der Waals surface area contributed by atoms with Gasteiger partial charge in [-0.3, -0.25) is 14.5 Å². The summed E-state index contributed by atoms with van der Waals surface area (Å²) in [6, 6.07) is 8.45. The van der Waals surface area contributed by atoms with Gasteiger partial charge >= 0.3 is 0 Å². The van der Waals surface area contributed by atoms with Crippen LogP contribution in [-0.2, 0) is 9.59 Å². The second kappa shape index (κ2) is 6.46. The van der Waals surface area contributed by atoms with E-state index in [-0.39, 0.29) is 0 Å². The largest absolute Gasteiger partial charge is 0.486 e. The van der Waals surface area contributed by atoms with Gasteiger partial charge in [0.25, 0.3) is 17.4 Å². The Morgan fingerprint density at radius 1 is 1.22 bits per heavy atom. The number of hydrogen-bond donors (Lipinski definition) is 1. The molecule has 2 aliphatic heterocycles. The van der Waals surface area contributed by atoms with Crippen molar-refractivity contribution in [3.05, 3.63) is 36.5 Å². The quantitative estimate of drug-likeness (QED) is 0.833. The fourth-order valence-electron chi connectivity index (χ4n) is 3.09. The summed E-state index contributed by atoms with van der Waals surface area (Å²) in [5, 5.41) is 2.74. The van der Waals surface area contributed by atoms with Gasteiger partial charge < -0.3 is 19.5 Å². The third kappa shape index (κ3) is 2.83. The van der Waals surface area contributed by atoms with E-state index in [4.69, 9.17) is 14.2 Å². The van der Waals surface area contributed by atoms with Crippen molar-refractivity contribution >= 4 is 23.3 Å². The van der Waals surface area contributed by atoms with E-state index in [1.165, 1.54) is 11.8 Å². The first-order chi connectivity index (χ1) is 13.0. The summed E-state index contributed by atoms with van der Waals surface area (Å²) in [6.07, 6.45) is 1.58. The lowest BCUT2D eigenvalue weighted by molar-refractivity contribution is -0.145. The standard InChI is InChI=1S/C19H19N3O5/c1-3-22-16-14(5-4-8-20-16)27-19(2,18(22)24)17(23)21-12-6-7-13-15(11-12)26-10-9-25-13/h4-8,11H,3,9-10H2,1-2H3,(H,21,23)/t19-/m1/s1. The lowest BCUT2D eigenvalue weighted by atomic mass is 10.0. The summed E-state index contributed by atoms with van der Waals surface area (Å²) in [6.45, 7) is 4.58. The average Bonchev–Trinajstić information content (AvgIpc) is 2.69. The first kappa shape index (κ1) is 17.1. The highest BCUT2D eigenvalue weighted by molar-refractivity contribution is 6.19. The van der Waals surface area contributed by atoms with Crippen molar-refractivity contribution in [1.29, 1.82) is 0 Å². The Balaban J connectivity index is 1.62. The summed E-state index contributed by atoms with van der Waals surface area (Å²) in [5.74, 6) is 0.925. The molecule has 2 aliphatic rings. The summed E-state index contributed by atoms with van der Waals surface area (Å²) in [4.78, 5) is 31.6. The number of benzene rings is 1. The molecule has 1 aromatic carbocycles. The Kier molecular flexibility index (Phi) is 4.10. The zero-order chi connectivity index (χ0) is 19.0. The molecular formula is C19H19N3O5. The molecule has 8 heteroatoms. The summed E-state index contributed by atoms with van der Waals surface area (Å²) >= 11 is 0. The van der Waals surface area contributed by atoms with E-state index < -0.39 is 17.4 Å². The number of nitrogens with zero attached hydrogens (tertiary/aromatic N) is 2. The third-order valence-corrected chi connectivity index (χ3v) is 4.52. The van der Waals surface area contributed by atoms with Crippen molar-refractivity contribution < 1.29 is 23.8 Å². The van der Waals surface area contributed by atoms with Gasteiger partial charge in [-0.25, -0.2) is 4.98 Å². The molecule has 1 aromatic heterocycles. The van der Waals surface area contributed by atoms with Crippen LogP contribution in [0.15, 0.2) is 36.5 Å². The number of aromatic nitrogens is 1. The van der Waals surface area contributed by atoms with E-state index in [1.807, 2.05) is 6.92 Å². The number of carbonyl (C=O) groups is 2. The number of anilines is 2. The molecule has 8 nitrogen and oxygen atoms in total. The minimum atomic E-state index is -1.71. The average molecular weight is 369 g/mol. The zero-order valence-corrected chi connectivity index (χ0v) is 15.0. The molecule has 140 valence electrons. The molecule has 0 saturated carbocycles. The maximum Gasteiger partial charge on any atom is 0.282 e. The van der Waals surface area contributed by atoms with E-state index in [1.54, 1.807) is 36.5 Å². The molecule has 0 radical (unpaired) electrons. The lowest BCUT2D eigenvalue weighted by Gasteiger charge is -2.38. The van der Waals surface area contributed by atoms with Gasteiger partial charge in [0, 0.05) is 24.5 Å². The molecule has 4 rings (SSSR count). The lowest BCUT2D eigenvalue weighted by Crippen LogP contribution is -2.60. The van der Waals surface area contributed by atoms with Crippen molar-refractivity contribution in [3.8, 4) is 17.2 Å². The highest BCUT2D eigenvalue weighted by atomic mass is 16.6. The van der Waals surface area contributed by atoms with Crippen molar-refractivity contribution in [1.82, 2.24) is 4.98 Å². The fourth-order valence-corrected chi connectivity index (χ4v) is 3.09. The summed E-state index contributed by atoms with van der Waals surface area (Å²) < 4.78 is 16.8. The van der Waals surface area contributed by atoms with Gasteiger partial charge in [-0.1, -0.05) is 0 Å². The molecule has 0 saturated heterocycles. The minimum absolute atomic E-state index is 0.374. The van der Waals surface area contributed by atoms with E-state index in [0.29, 0.717) is 48.5 Å². The number of amides is 2. The number of nitrogens with one attached hydrogen (secondary N) is 1. The number of pyridine rings is 1. The number of ether oxygens (including phenoxy) is 3. The molecule has 27 heavy (non-hydrogen) atoms. The smallest absolute Gasteiger partial charge is 0.282 e. The van der Waals surface area contributed by atoms with Gasteiger partial charge in [-0.2, -0.15) is 0 Å². The van der Waals surface area contributed by atoms with E-state index in [2.05, 4.69) is 10.3 Å². The van der Waals surface area contributed by atoms with Gasteiger partial charge in [0.1, 0.15) is 13.2 Å². The SMILES string of the molecule is CCN1C(=O)[C@@](C)(C(=O)Nc2ccc3c(c2)OCCO3)Oc2cccnc21. The zero-order valence-electron chi connectivity index (χ0n) is 15.0. The van der Waals surface area contributed by atoms with Crippen LogP contribution in [0.25, 0.3) is 0 Å².